The van der Waals surface area contributed by atoms with E-state index in [9.17, 15) is 14.4 Å². The maximum absolute atomic E-state index is 12.1. The van der Waals surface area contributed by atoms with Crippen LogP contribution < -0.4 is 11.2 Å². The van der Waals surface area contributed by atoms with E-state index < -0.39 is 17.3 Å². The van der Waals surface area contributed by atoms with Crippen molar-refractivity contribution in [1.29, 1.82) is 0 Å². The van der Waals surface area contributed by atoms with Gasteiger partial charge in [-0.15, -0.1) is 0 Å². The second kappa shape index (κ2) is 4.93. The number of H-pyrrole nitrogens is 1. The van der Waals surface area contributed by atoms with Crippen LogP contribution >= 0.6 is 0 Å². The van der Waals surface area contributed by atoms with E-state index in [0.29, 0.717) is 10.9 Å². The zero-order valence-corrected chi connectivity index (χ0v) is 10.2. The highest BCUT2D eigenvalue weighted by atomic mass is 16.5. The molecule has 0 unspecified atom stereocenters. The summed E-state index contributed by atoms with van der Waals surface area (Å²) in [6.45, 7) is 1.85. The van der Waals surface area contributed by atoms with E-state index in [-0.39, 0.29) is 17.7 Å². The lowest BCUT2D eigenvalue weighted by atomic mass is 10.1. The summed E-state index contributed by atoms with van der Waals surface area (Å²) in [6.07, 6.45) is 1.27. The third-order valence-electron chi connectivity index (χ3n) is 2.66. The molecule has 0 radical (unpaired) electrons. The van der Waals surface area contributed by atoms with Gasteiger partial charge >= 0.3 is 5.97 Å². The average molecular weight is 260 g/mol. The number of carbonyl (C=O) groups is 2. The fourth-order valence-electron chi connectivity index (χ4n) is 1.74. The number of nitrogens with one attached hydrogen (secondary N) is 1. The van der Waals surface area contributed by atoms with E-state index in [2.05, 4.69) is 4.98 Å². The van der Waals surface area contributed by atoms with Gasteiger partial charge in [-0.25, -0.2) is 4.79 Å². The summed E-state index contributed by atoms with van der Waals surface area (Å²) < 4.78 is 4.79. The molecule has 1 amide bonds. The minimum Gasteiger partial charge on any atom is -0.462 e. The van der Waals surface area contributed by atoms with Crippen molar-refractivity contribution in [2.75, 3.05) is 6.61 Å². The van der Waals surface area contributed by atoms with Gasteiger partial charge in [-0.1, -0.05) is 0 Å². The maximum Gasteiger partial charge on any atom is 0.343 e. The standard InChI is InChI=1S/C13H12N2O4/c1-2-19-13(18)9-6-15-10-5-7(12(14)17)3-4-8(10)11(9)16/h3-6H,2H2,1H3,(H2,14,17)(H,15,16). The Labute approximate surface area is 108 Å². The van der Waals surface area contributed by atoms with Crippen molar-refractivity contribution in [2.24, 2.45) is 5.73 Å². The Morgan fingerprint density at radius 2 is 2.11 bits per heavy atom. The summed E-state index contributed by atoms with van der Waals surface area (Å²) >= 11 is 0. The number of nitrogens with two attached hydrogens (primary N) is 1. The third-order valence-corrected chi connectivity index (χ3v) is 2.66. The molecule has 19 heavy (non-hydrogen) atoms. The van der Waals surface area contributed by atoms with Gasteiger partial charge in [0.1, 0.15) is 5.56 Å². The molecule has 0 atom stereocenters. The number of ether oxygens (including phenoxy) is 1. The zero-order valence-electron chi connectivity index (χ0n) is 10.2. The molecular weight excluding hydrogens is 248 g/mol. The number of aromatic amines is 1. The molecule has 98 valence electrons. The van der Waals surface area contributed by atoms with Gasteiger partial charge in [0.15, 0.2) is 0 Å². The van der Waals surface area contributed by atoms with Crippen LogP contribution in [-0.4, -0.2) is 23.5 Å². The van der Waals surface area contributed by atoms with E-state index in [1.165, 1.54) is 24.4 Å². The molecule has 0 fully saturated rings. The lowest BCUT2D eigenvalue weighted by Gasteiger charge is -2.04. The summed E-state index contributed by atoms with van der Waals surface area (Å²) in [5, 5.41) is 0.301. The first-order valence-electron chi connectivity index (χ1n) is 5.67. The number of amides is 1. The number of pyridine rings is 1. The highest BCUT2D eigenvalue weighted by Crippen LogP contribution is 2.11. The molecule has 0 aliphatic heterocycles. The van der Waals surface area contributed by atoms with Gasteiger partial charge in [-0.3, -0.25) is 9.59 Å². The highest BCUT2D eigenvalue weighted by Gasteiger charge is 2.14. The van der Waals surface area contributed by atoms with Crippen LogP contribution in [0.5, 0.6) is 0 Å². The van der Waals surface area contributed by atoms with E-state index in [1.54, 1.807) is 6.92 Å². The monoisotopic (exact) mass is 260 g/mol. The minimum absolute atomic E-state index is 0.0684. The van der Waals surface area contributed by atoms with Crippen molar-refractivity contribution >= 4 is 22.8 Å². The molecule has 0 aliphatic carbocycles. The van der Waals surface area contributed by atoms with Crippen LogP contribution in [0.4, 0.5) is 0 Å². The van der Waals surface area contributed by atoms with E-state index in [1.807, 2.05) is 0 Å². The van der Waals surface area contributed by atoms with E-state index >= 15 is 0 Å². The number of esters is 1. The predicted octanol–water partition coefficient (Wildman–Crippen LogP) is 0.804. The largest absolute Gasteiger partial charge is 0.462 e. The van der Waals surface area contributed by atoms with Gasteiger partial charge in [0, 0.05) is 17.1 Å². The number of hydrogen-bond donors (Lipinski definition) is 2. The smallest absolute Gasteiger partial charge is 0.343 e. The summed E-state index contributed by atoms with van der Waals surface area (Å²) in [5.74, 6) is -1.26. The number of aromatic nitrogens is 1. The summed E-state index contributed by atoms with van der Waals surface area (Å²) in [7, 11) is 0. The molecule has 0 bridgehead atoms. The molecule has 6 heteroatoms. The zero-order chi connectivity index (χ0) is 14.0. The number of carbonyl (C=O) groups excluding carboxylic acids is 2. The predicted molar refractivity (Wildman–Crippen MR) is 69.0 cm³/mol. The average Bonchev–Trinajstić information content (AvgIpc) is 2.38. The molecule has 0 saturated carbocycles. The Morgan fingerprint density at radius 1 is 1.37 bits per heavy atom. The van der Waals surface area contributed by atoms with Crippen LogP contribution in [0.15, 0.2) is 29.2 Å². The Morgan fingerprint density at radius 3 is 2.74 bits per heavy atom. The summed E-state index contributed by atoms with van der Waals surface area (Å²) in [4.78, 5) is 37.5. The minimum atomic E-state index is -0.676. The van der Waals surface area contributed by atoms with Gasteiger partial charge < -0.3 is 15.5 Å². The Hall–Kier alpha value is -2.63. The van der Waals surface area contributed by atoms with Crippen LogP contribution in [0.25, 0.3) is 10.9 Å². The molecule has 3 N–H and O–H groups in total. The van der Waals surface area contributed by atoms with Crippen LogP contribution in [0.1, 0.15) is 27.6 Å². The van der Waals surface area contributed by atoms with Crippen molar-refractivity contribution in [1.82, 2.24) is 4.98 Å². The lowest BCUT2D eigenvalue weighted by molar-refractivity contribution is 0.0524. The van der Waals surface area contributed by atoms with Crippen molar-refractivity contribution in [3.63, 3.8) is 0 Å². The van der Waals surface area contributed by atoms with Gasteiger partial charge in [0.2, 0.25) is 11.3 Å². The Bertz CT molecular complexity index is 718. The molecule has 2 rings (SSSR count). The molecule has 6 nitrogen and oxygen atoms in total. The Balaban J connectivity index is 2.60. The van der Waals surface area contributed by atoms with Gasteiger partial charge in [0.05, 0.1) is 12.1 Å². The van der Waals surface area contributed by atoms with Crippen molar-refractivity contribution in [3.8, 4) is 0 Å². The third kappa shape index (κ3) is 2.33. The number of hydrogen-bond acceptors (Lipinski definition) is 4. The molecule has 1 heterocycles. The molecule has 0 saturated heterocycles. The van der Waals surface area contributed by atoms with Crippen LogP contribution in [0, 0.1) is 0 Å². The SMILES string of the molecule is CCOC(=O)c1c[nH]c2cc(C(N)=O)ccc2c1=O. The van der Waals surface area contributed by atoms with Gasteiger partial charge in [-0.2, -0.15) is 0 Å². The quantitative estimate of drug-likeness (QED) is 0.797. The van der Waals surface area contributed by atoms with Crippen molar-refractivity contribution in [3.05, 3.63) is 45.7 Å². The van der Waals surface area contributed by atoms with Crippen LogP contribution in [0.3, 0.4) is 0 Å². The van der Waals surface area contributed by atoms with Gasteiger partial charge in [0.25, 0.3) is 0 Å². The first kappa shape index (κ1) is 12.8. The fraction of sp³-hybridized carbons (Fsp3) is 0.154. The molecule has 1 aromatic carbocycles. The van der Waals surface area contributed by atoms with Gasteiger partial charge in [-0.05, 0) is 25.1 Å². The first-order chi connectivity index (χ1) is 9.04. The molecule has 0 aliphatic rings. The summed E-state index contributed by atoms with van der Waals surface area (Å²) in [5.41, 5.74) is 5.37. The first-order valence-corrected chi connectivity index (χ1v) is 5.67. The number of fused-ring (bicyclic) bond motifs is 1. The maximum atomic E-state index is 12.1. The Kier molecular flexibility index (Phi) is 3.33. The lowest BCUT2D eigenvalue weighted by Crippen LogP contribution is -2.18. The molecular formula is C13H12N2O4. The number of rotatable bonds is 3. The highest BCUT2D eigenvalue weighted by molar-refractivity contribution is 5.98. The van der Waals surface area contributed by atoms with Crippen molar-refractivity contribution in [2.45, 2.75) is 6.92 Å². The second-order valence-electron chi connectivity index (χ2n) is 3.88. The molecule has 2 aromatic rings. The molecule has 1 aromatic heterocycles. The summed E-state index contributed by atoms with van der Waals surface area (Å²) in [6, 6.07) is 4.36. The van der Waals surface area contributed by atoms with E-state index in [4.69, 9.17) is 10.5 Å². The number of primary amides is 1. The normalized spacial score (nSPS) is 10.4. The van der Waals surface area contributed by atoms with Crippen LogP contribution in [0.2, 0.25) is 0 Å². The molecule has 0 spiro atoms. The second-order valence-corrected chi connectivity index (χ2v) is 3.88. The van der Waals surface area contributed by atoms with E-state index in [0.717, 1.165) is 0 Å². The van der Waals surface area contributed by atoms with Crippen LogP contribution in [-0.2, 0) is 4.74 Å². The van der Waals surface area contributed by atoms with Crippen molar-refractivity contribution < 1.29 is 14.3 Å². The fourth-order valence-corrected chi connectivity index (χ4v) is 1.74. The topological polar surface area (TPSA) is 102 Å². The number of benzene rings is 1.